The maximum Gasteiger partial charge on any atom is 0.210 e. The molecule has 10 heavy (non-hydrogen) atoms. The second-order valence-corrected chi connectivity index (χ2v) is 2.02. The molecule has 1 unspecified atom stereocenters. The van der Waals surface area contributed by atoms with Crippen LogP contribution in [0, 0.1) is 0 Å². The molecule has 0 spiro atoms. The van der Waals surface area contributed by atoms with Crippen LogP contribution < -0.4 is 0 Å². The number of nitrogens with zero attached hydrogens (tertiary/aromatic N) is 3. The van der Waals surface area contributed by atoms with Crippen molar-refractivity contribution in [2.24, 2.45) is 5.16 Å². The summed E-state index contributed by atoms with van der Waals surface area (Å²) in [6, 6.07) is 0. The van der Waals surface area contributed by atoms with Crippen molar-refractivity contribution in [3.8, 4) is 0 Å². The highest BCUT2D eigenvalue weighted by Gasteiger charge is 2.13. The molecular weight excluding hydrogens is 130 g/mol. The van der Waals surface area contributed by atoms with Gasteiger partial charge in [-0.25, -0.2) is 4.98 Å². The Morgan fingerprint density at radius 3 is 3.30 bits per heavy atom. The SMILES string of the molecule is [C]1=NOC(n2ccnc2)C1. The minimum Gasteiger partial charge on any atom is -0.369 e. The quantitative estimate of drug-likeness (QED) is 0.569. The molecule has 0 aromatic carbocycles. The summed E-state index contributed by atoms with van der Waals surface area (Å²) in [5.74, 6) is 0. The molecule has 1 aromatic rings. The van der Waals surface area contributed by atoms with Gasteiger partial charge in [0.1, 0.15) is 6.21 Å². The molecule has 0 N–H and O–H groups in total. The molecule has 1 aliphatic heterocycles. The maximum atomic E-state index is 4.93. The van der Waals surface area contributed by atoms with Crippen molar-refractivity contribution >= 4 is 6.21 Å². The van der Waals surface area contributed by atoms with Gasteiger partial charge in [-0.1, -0.05) is 5.16 Å². The van der Waals surface area contributed by atoms with E-state index in [-0.39, 0.29) is 6.23 Å². The molecule has 0 amide bonds. The Morgan fingerprint density at radius 1 is 1.70 bits per heavy atom. The van der Waals surface area contributed by atoms with E-state index in [0.717, 1.165) is 0 Å². The third-order valence-corrected chi connectivity index (χ3v) is 1.36. The Bertz CT molecular complexity index is 221. The largest absolute Gasteiger partial charge is 0.369 e. The molecular formula is C6H6N3O. The first-order valence-electron chi connectivity index (χ1n) is 3.03. The minimum absolute atomic E-state index is 0.0255. The highest BCUT2D eigenvalue weighted by atomic mass is 16.7. The summed E-state index contributed by atoms with van der Waals surface area (Å²) in [5, 5.41) is 3.52. The summed E-state index contributed by atoms with van der Waals surface area (Å²) in [6.07, 6.45) is 8.65. The van der Waals surface area contributed by atoms with E-state index in [9.17, 15) is 0 Å². The van der Waals surface area contributed by atoms with Gasteiger partial charge in [0.15, 0.2) is 0 Å². The average Bonchev–Trinajstić information content (AvgIpc) is 2.59. The van der Waals surface area contributed by atoms with E-state index >= 15 is 0 Å². The molecule has 0 fully saturated rings. The molecule has 0 aliphatic carbocycles. The third-order valence-electron chi connectivity index (χ3n) is 1.36. The third kappa shape index (κ3) is 0.775. The van der Waals surface area contributed by atoms with Crippen molar-refractivity contribution in [3.63, 3.8) is 0 Å². The van der Waals surface area contributed by atoms with Gasteiger partial charge < -0.3 is 4.84 Å². The zero-order chi connectivity index (χ0) is 6.81. The first-order valence-corrected chi connectivity index (χ1v) is 3.03. The lowest BCUT2D eigenvalue weighted by Crippen LogP contribution is -2.03. The van der Waals surface area contributed by atoms with Gasteiger partial charge in [-0.2, -0.15) is 0 Å². The fourth-order valence-corrected chi connectivity index (χ4v) is 0.850. The molecule has 0 saturated heterocycles. The van der Waals surface area contributed by atoms with E-state index < -0.39 is 0 Å². The molecule has 4 nitrogen and oxygen atoms in total. The van der Waals surface area contributed by atoms with Crippen molar-refractivity contribution in [1.29, 1.82) is 0 Å². The van der Waals surface area contributed by atoms with Crippen LogP contribution in [0.3, 0.4) is 0 Å². The van der Waals surface area contributed by atoms with Gasteiger partial charge in [-0.15, -0.1) is 0 Å². The molecule has 1 radical (unpaired) electrons. The molecule has 1 aliphatic rings. The lowest BCUT2D eigenvalue weighted by Gasteiger charge is -2.06. The summed E-state index contributed by atoms with van der Waals surface area (Å²) < 4.78 is 1.85. The van der Waals surface area contributed by atoms with Gasteiger partial charge in [0.2, 0.25) is 6.23 Å². The van der Waals surface area contributed by atoms with Crippen LogP contribution in [0.2, 0.25) is 0 Å². The number of rotatable bonds is 1. The van der Waals surface area contributed by atoms with Gasteiger partial charge in [0, 0.05) is 12.4 Å². The lowest BCUT2D eigenvalue weighted by atomic mass is 10.4. The van der Waals surface area contributed by atoms with Gasteiger partial charge in [-0.3, -0.25) is 4.57 Å². The monoisotopic (exact) mass is 136 g/mol. The fourth-order valence-electron chi connectivity index (χ4n) is 0.850. The predicted octanol–water partition coefficient (Wildman–Crippen LogP) is 0.665. The Balaban J connectivity index is 2.14. The molecule has 0 saturated carbocycles. The summed E-state index contributed by atoms with van der Waals surface area (Å²) in [5.41, 5.74) is 0. The Labute approximate surface area is 58.1 Å². The number of aromatic nitrogens is 2. The topological polar surface area (TPSA) is 39.4 Å². The van der Waals surface area contributed by atoms with Crippen molar-refractivity contribution in [2.45, 2.75) is 12.6 Å². The van der Waals surface area contributed by atoms with Crippen LogP contribution >= 0.6 is 0 Å². The summed E-state index contributed by atoms with van der Waals surface area (Å²) in [7, 11) is 0. The van der Waals surface area contributed by atoms with E-state index in [1.165, 1.54) is 0 Å². The van der Waals surface area contributed by atoms with E-state index in [2.05, 4.69) is 16.4 Å². The maximum absolute atomic E-state index is 4.93. The molecule has 0 bridgehead atoms. The van der Waals surface area contributed by atoms with Crippen LogP contribution in [0.1, 0.15) is 12.6 Å². The number of imidazole rings is 1. The predicted molar refractivity (Wildman–Crippen MR) is 34.4 cm³/mol. The zero-order valence-electron chi connectivity index (χ0n) is 5.27. The number of hydrogen-bond acceptors (Lipinski definition) is 3. The van der Waals surface area contributed by atoms with Crippen LogP contribution in [-0.4, -0.2) is 15.8 Å². The average molecular weight is 136 g/mol. The zero-order valence-corrected chi connectivity index (χ0v) is 5.27. The van der Waals surface area contributed by atoms with Gasteiger partial charge in [0.05, 0.1) is 12.7 Å². The van der Waals surface area contributed by atoms with Crippen molar-refractivity contribution in [1.82, 2.24) is 9.55 Å². The van der Waals surface area contributed by atoms with Crippen molar-refractivity contribution in [3.05, 3.63) is 18.7 Å². The fraction of sp³-hybridized carbons (Fsp3) is 0.333. The normalized spacial score (nSPS) is 23.0. The summed E-state index contributed by atoms with van der Waals surface area (Å²) >= 11 is 0. The number of hydrogen-bond donors (Lipinski definition) is 0. The van der Waals surface area contributed by atoms with Crippen LogP contribution in [0.15, 0.2) is 23.9 Å². The molecule has 1 atom stereocenters. The Kier molecular flexibility index (Phi) is 1.16. The highest BCUT2D eigenvalue weighted by molar-refractivity contribution is 5.58. The van der Waals surface area contributed by atoms with Crippen molar-refractivity contribution < 1.29 is 4.84 Å². The van der Waals surface area contributed by atoms with E-state index in [0.29, 0.717) is 6.42 Å². The van der Waals surface area contributed by atoms with Crippen LogP contribution in [-0.2, 0) is 4.84 Å². The molecule has 2 rings (SSSR count). The Morgan fingerprint density at radius 2 is 2.70 bits per heavy atom. The van der Waals surface area contributed by atoms with Gasteiger partial charge in [-0.05, 0) is 0 Å². The summed E-state index contributed by atoms with van der Waals surface area (Å²) in [4.78, 5) is 8.81. The van der Waals surface area contributed by atoms with Gasteiger partial charge in [0.25, 0.3) is 0 Å². The molecule has 1 aromatic heterocycles. The van der Waals surface area contributed by atoms with Crippen LogP contribution in [0.25, 0.3) is 0 Å². The minimum atomic E-state index is -0.0255. The molecule has 51 valence electrons. The van der Waals surface area contributed by atoms with E-state index in [1.54, 1.807) is 12.5 Å². The van der Waals surface area contributed by atoms with E-state index in [1.807, 2.05) is 10.8 Å². The standard InChI is InChI=1S/C6H6N3O/c1-2-8-10-6(1)9-4-3-7-5-9/h3-6H,1H2. The Hall–Kier alpha value is -1.32. The van der Waals surface area contributed by atoms with E-state index in [4.69, 9.17) is 4.84 Å². The van der Waals surface area contributed by atoms with Crippen LogP contribution in [0.4, 0.5) is 0 Å². The first kappa shape index (κ1) is 5.46. The smallest absolute Gasteiger partial charge is 0.210 e. The second kappa shape index (κ2) is 2.13. The second-order valence-electron chi connectivity index (χ2n) is 2.02. The first-order chi connectivity index (χ1) is 4.97. The van der Waals surface area contributed by atoms with Gasteiger partial charge >= 0.3 is 0 Å². The highest BCUT2D eigenvalue weighted by Crippen LogP contribution is 2.15. The molecule has 4 heteroatoms. The summed E-state index contributed by atoms with van der Waals surface area (Å²) in [6.45, 7) is 0. The lowest BCUT2D eigenvalue weighted by molar-refractivity contribution is 0.0322. The van der Waals surface area contributed by atoms with Crippen LogP contribution in [0.5, 0.6) is 0 Å². The molecule has 2 heterocycles. The van der Waals surface area contributed by atoms with Crippen molar-refractivity contribution in [2.75, 3.05) is 0 Å².